The number of hydrogen-bond donors (Lipinski definition) is 0. The lowest BCUT2D eigenvalue weighted by Crippen LogP contribution is -2.21. The van der Waals surface area contributed by atoms with Gasteiger partial charge < -0.3 is 0 Å². The van der Waals surface area contributed by atoms with Gasteiger partial charge in [-0.1, -0.05) is 0 Å². The summed E-state index contributed by atoms with van der Waals surface area (Å²) in [5.41, 5.74) is 0.247. The maximum atomic E-state index is 12.6. The van der Waals surface area contributed by atoms with Gasteiger partial charge in [0.1, 0.15) is 11.6 Å². The van der Waals surface area contributed by atoms with Crippen LogP contribution in [0.4, 0.5) is 4.39 Å². The van der Waals surface area contributed by atoms with Crippen LogP contribution in [-0.4, -0.2) is 11.6 Å². The zero-order valence-corrected chi connectivity index (χ0v) is 8.74. The Hall–Kier alpha value is -2.02. The number of ketones is 2. The Morgan fingerprint density at radius 1 is 1.38 bits per heavy atom. The maximum Gasteiger partial charge on any atom is 0.174 e. The monoisotopic (exact) mass is 219 g/mol. The number of carbonyl (C=O) groups is 2. The third-order valence-electron chi connectivity index (χ3n) is 2.23. The van der Waals surface area contributed by atoms with E-state index in [1.807, 2.05) is 0 Å². The fraction of sp³-hybridized carbons (Fsp3) is 0.250. The fourth-order valence-electron chi connectivity index (χ4n) is 1.33. The number of carbonyl (C=O) groups excluding carboxylic acids is 2. The summed E-state index contributed by atoms with van der Waals surface area (Å²) in [5.74, 6) is -2.18. The number of nitriles is 1. The van der Waals surface area contributed by atoms with Crippen LogP contribution in [0.25, 0.3) is 0 Å². The summed E-state index contributed by atoms with van der Waals surface area (Å²) >= 11 is 0. The highest BCUT2D eigenvalue weighted by Gasteiger charge is 2.24. The first-order chi connectivity index (χ1) is 7.56. The van der Waals surface area contributed by atoms with E-state index >= 15 is 0 Å². The summed E-state index contributed by atoms with van der Waals surface area (Å²) in [6.07, 6.45) is -0.147. The van der Waals surface area contributed by atoms with Crippen LogP contribution in [0.1, 0.15) is 23.7 Å². The molecule has 82 valence electrons. The van der Waals surface area contributed by atoms with Crippen LogP contribution in [0.5, 0.6) is 0 Å². The molecule has 1 rings (SSSR count). The van der Waals surface area contributed by atoms with Gasteiger partial charge in [-0.05, 0) is 31.2 Å². The van der Waals surface area contributed by atoms with E-state index in [4.69, 9.17) is 5.26 Å². The minimum atomic E-state index is -0.949. The van der Waals surface area contributed by atoms with Crippen molar-refractivity contribution in [1.29, 1.82) is 5.26 Å². The van der Waals surface area contributed by atoms with Gasteiger partial charge in [-0.3, -0.25) is 9.59 Å². The molecule has 0 N–H and O–H groups in total. The molecule has 0 amide bonds. The predicted octanol–water partition coefficient (Wildman–Crippen LogP) is 2.13. The van der Waals surface area contributed by atoms with Gasteiger partial charge in [0.25, 0.3) is 0 Å². The number of Topliss-reactive ketones (excluding diaryl/α,β-unsaturated/α-hetero) is 2. The topological polar surface area (TPSA) is 57.9 Å². The summed E-state index contributed by atoms with van der Waals surface area (Å²) in [6.45, 7) is 1.27. The Morgan fingerprint density at radius 3 is 2.38 bits per heavy atom. The number of halogens is 1. The third-order valence-corrected chi connectivity index (χ3v) is 2.23. The van der Waals surface area contributed by atoms with Gasteiger partial charge in [0, 0.05) is 5.56 Å². The summed E-state index contributed by atoms with van der Waals surface area (Å²) in [5, 5.41) is 8.51. The highest BCUT2D eigenvalue weighted by atomic mass is 19.1. The van der Waals surface area contributed by atoms with Crippen molar-refractivity contribution >= 4 is 11.6 Å². The van der Waals surface area contributed by atoms with E-state index in [1.54, 1.807) is 6.07 Å². The van der Waals surface area contributed by atoms with Gasteiger partial charge >= 0.3 is 0 Å². The van der Waals surface area contributed by atoms with Gasteiger partial charge in [0.15, 0.2) is 5.78 Å². The van der Waals surface area contributed by atoms with Crippen molar-refractivity contribution in [3.63, 3.8) is 0 Å². The third kappa shape index (κ3) is 2.74. The molecule has 1 unspecified atom stereocenters. The molecule has 0 aliphatic rings. The zero-order chi connectivity index (χ0) is 12.1. The van der Waals surface area contributed by atoms with E-state index in [0.29, 0.717) is 0 Å². The Morgan fingerprint density at radius 2 is 1.94 bits per heavy atom. The SMILES string of the molecule is CC(=O)C(CC#N)C(=O)c1ccc(F)cc1. The molecule has 4 heteroatoms. The van der Waals surface area contributed by atoms with Gasteiger partial charge in [-0.25, -0.2) is 4.39 Å². The molecule has 0 saturated carbocycles. The van der Waals surface area contributed by atoms with Gasteiger partial charge in [0.2, 0.25) is 0 Å². The van der Waals surface area contributed by atoms with Crippen LogP contribution in [0.15, 0.2) is 24.3 Å². The average molecular weight is 219 g/mol. The predicted molar refractivity (Wildman–Crippen MR) is 55.1 cm³/mol. The van der Waals surface area contributed by atoms with Crippen molar-refractivity contribution in [1.82, 2.24) is 0 Å². The van der Waals surface area contributed by atoms with Crippen molar-refractivity contribution in [2.45, 2.75) is 13.3 Å². The second-order valence-electron chi connectivity index (χ2n) is 3.40. The van der Waals surface area contributed by atoms with E-state index in [1.165, 1.54) is 19.1 Å². The van der Waals surface area contributed by atoms with Crippen molar-refractivity contribution in [2.75, 3.05) is 0 Å². The minimum absolute atomic E-state index is 0.147. The van der Waals surface area contributed by atoms with E-state index in [2.05, 4.69) is 0 Å². The Kier molecular flexibility index (Phi) is 3.90. The summed E-state index contributed by atoms with van der Waals surface area (Å²) in [4.78, 5) is 23.0. The van der Waals surface area contributed by atoms with Crippen molar-refractivity contribution < 1.29 is 14.0 Å². The van der Waals surface area contributed by atoms with E-state index in [0.717, 1.165) is 12.1 Å². The van der Waals surface area contributed by atoms with Crippen LogP contribution in [0.2, 0.25) is 0 Å². The summed E-state index contributed by atoms with van der Waals surface area (Å²) < 4.78 is 12.6. The highest BCUT2D eigenvalue weighted by Crippen LogP contribution is 2.14. The van der Waals surface area contributed by atoms with Crippen molar-refractivity contribution in [3.05, 3.63) is 35.6 Å². The summed E-state index contributed by atoms with van der Waals surface area (Å²) in [6, 6.07) is 6.72. The lowest BCUT2D eigenvalue weighted by atomic mass is 9.92. The number of rotatable bonds is 4. The molecule has 0 radical (unpaired) electrons. The fourth-order valence-corrected chi connectivity index (χ4v) is 1.33. The smallest absolute Gasteiger partial charge is 0.174 e. The maximum absolute atomic E-state index is 12.6. The molecular formula is C12H10FNO2. The van der Waals surface area contributed by atoms with Crippen molar-refractivity contribution in [3.8, 4) is 6.07 Å². The largest absolute Gasteiger partial charge is 0.299 e. The number of benzene rings is 1. The van der Waals surface area contributed by atoms with Crippen LogP contribution < -0.4 is 0 Å². The van der Waals surface area contributed by atoms with Gasteiger partial charge in [-0.2, -0.15) is 5.26 Å². The normalized spacial score (nSPS) is 11.6. The molecule has 0 bridgehead atoms. The van der Waals surface area contributed by atoms with Crippen LogP contribution >= 0.6 is 0 Å². The van der Waals surface area contributed by atoms with Crippen LogP contribution in [0.3, 0.4) is 0 Å². The van der Waals surface area contributed by atoms with Crippen LogP contribution in [0, 0.1) is 23.1 Å². The minimum Gasteiger partial charge on any atom is -0.299 e. The molecule has 0 aliphatic heterocycles. The standard InChI is InChI=1S/C12H10FNO2/c1-8(15)11(6-7-14)12(16)9-2-4-10(13)5-3-9/h2-5,11H,6H2,1H3. The molecule has 0 heterocycles. The zero-order valence-electron chi connectivity index (χ0n) is 8.74. The molecule has 0 aliphatic carbocycles. The Balaban J connectivity index is 2.95. The molecule has 3 nitrogen and oxygen atoms in total. The number of hydrogen-bond acceptors (Lipinski definition) is 3. The molecule has 1 aromatic carbocycles. The molecule has 1 aromatic rings. The van der Waals surface area contributed by atoms with Crippen molar-refractivity contribution in [2.24, 2.45) is 5.92 Å². The molecule has 1 atom stereocenters. The van der Waals surface area contributed by atoms with Gasteiger partial charge in [-0.15, -0.1) is 0 Å². The lowest BCUT2D eigenvalue weighted by Gasteiger charge is -2.08. The van der Waals surface area contributed by atoms with E-state index < -0.39 is 17.5 Å². The van der Waals surface area contributed by atoms with E-state index in [9.17, 15) is 14.0 Å². The van der Waals surface area contributed by atoms with E-state index in [-0.39, 0.29) is 17.8 Å². The first-order valence-corrected chi connectivity index (χ1v) is 4.73. The first kappa shape index (κ1) is 12.1. The molecule has 0 saturated heterocycles. The van der Waals surface area contributed by atoms with Crippen LogP contribution in [-0.2, 0) is 4.79 Å². The molecule has 0 fully saturated rings. The second kappa shape index (κ2) is 5.17. The first-order valence-electron chi connectivity index (χ1n) is 4.73. The Labute approximate surface area is 92.5 Å². The molecular weight excluding hydrogens is 209 g/mol. The quantitative estimate of drug-likeness (QED) is 0.575. The Bertz CT molecular complexity index is 445. The summed E-state index contributed by atoms with van der Waals surface area (Å²) in [7, 11) is 0. The average Bonchev–Trinajstić information content (AvgIpc) is 2.25. The molecule has 16 heavy (non-hydrogen) atoms. The molecule has 0 spiro atoms. The second-order valence-corrected chi connectivity index (χ2v) is 3.40. The lowest BCUT2D eigenvalue weighted by molar-refractivity contribution is -0.119. The highest BCUT2D eigenvalue weighted by molar-refractivity contribution is 6.10. The number of nitrogens with zero attached hydrogens (tertiary/aromatic N) is 1. The molecule has 0 aromatic heterocycles. The van der Waals surface area contributed by atoms with Gasteiger partial charge in [0.05, 0.1) is 18.4 Å².